The first kappa shape index (κ1) is 41.7. The Kier molecular flexibility index (Phi) is 14.2. The maximum absolute atomic E-state index is 11.5. The summed E-state index contributed by atoms with van der Waals surface area (Å²) in [6, 6.07) is 0. The van der Waals surface area contributed by atoms with E-state index in [-0.39, 0.29) is 6.61 Å². The molecule has 15 unspecified atom stereocenters. The predicted octanol–water partition coefficient (Wildman–Crippen LogP) is -3.96. The molecule has 3 fully saturated rings. The van der Waals surface area contributed by atoms with Crippen LogP contribution in [0.5, 0.6) is 0 Å². The van der Waals surface area contributed by atoms with E-state index in [1.54, 1.807) is 13.8 Å². The van der Waals surface area contributed by atoms with Crippen molar-refractivity contribution in [2.24, 2.45) is 0 Å². The van der Waals surface area contributed by atoms with E-state index in [1.165, 1.54) is 20.8 Å². The Morgan fingerprint density at radius 3 is 1.75 bits per heavy atom. The lowest BCUT2D eigenvalue weighted by molar-refractivity contribution is -0.402. The van der Waals surface area contributed by atoms with E-state index >= 15 is 0 Å². The van der Waals surface area contributed by atoms with Gasteiger partial charge in [-0.15, -0.1) is 0 Å². The van der Waals surface area contributed by atoms with Crippen LogP contribution >= 0.6 is 0 Å². The van der Waals surface area contributed by atoms with Crippen molar-refractivity contribution in [3.63, 3.8) is 0 Å². The number of hydrogen-bond acceptors (Lipinski definition) is 17. The van der Waals surface area contributed by atoms with E-state index in [0.717, 1.165) is 12.8 Å². The molecule has 0 aliphatic carbocycles. The summed E-state index contributed by atoms with van der Waals surface area (Å²) in [6.45, 7) is 6.73. The second-order valence-electron chi connectivity index (χ2n) is 14.5. The van der Waals surface area contributed by atoms with Crippen LogP contribution in [0.3, 0.4) is 0 Å². The van der Waals surface area contributed by atoms with Crippen molar-refractivity contribution in [1.82, 2.24) is 0 Å². The van der Waals surface area contributed by atoms with Crippen LogP contribution in [0.1, 0.15) is 60.8 Å². The fourth-order valence-corrected chi connectivity index (χ4v) is 6.53. The summed E-state index contributed by atoms with van der Waals surface area (Å²) in [7, 11) is 0. The molecular formula is C31H58O17. The lowest BCUT2D eigenvalue weighted by Gasteiger charge is -2.54. The fraction of sp³-hybridized carbons (Fsp3) is 1.00. The first-order valence-corrected chi connectivity index (χ1v) is 16.5. The third-order valence-electron chi connectivity index (χ3n) is 9.71. The summed E-state index contributed by atoms with van der Waals surface area (Å²) >= 11 is 0. The third-order valence-corrected chi connectivity index (χ3v) is 9.71. The smallest absolute Gasteiger partial charge is 0.195 e. The highest BCUT2D eigenvalue weighted by atomic mass is 16.7. The van der Waals surface area contributed by atoms with E-state index in [1.807, 2.05) is 6.92 Å². The van der Waals surface area contributed by atoms with Gasteiger partial charge < -0.3 is 84.6 Å². The van der Waals surface area contributed by atoms with Crippen LogP contribution in [0.4, 0.5) is 0 Å². The first-order chi connectivity index (χ1) is 22.2. The number of unbranched alkanes of at least 4 members (excludes halogenated alkanes) is 1. The average Bonchev–Trinajstić information content (AvgIpc) is 3.03. The minimum atomic E-state index is -2.14. The topological polar surface area (TPSA) is 278 Å². The highest BCUT2D eigenvalue weighted by Crippen LogP contribution is 2.40. The van der Waals surface area contributed by atoms with Crippen molar-refractivity contribution >= 4 is 0 Å². The summed E-state index contributed by atoms with van der Waals surface area (Å²) in [5, 5.41) is 115. The quantitative estimate of drug-likeness (QED) is 0.0776. The van der Waals surface area contributed by atoms with E-state index in [4.69, 9.17) is 28.4 Å². The number of aliphatic hydroxyl groups is 11. The van der Waals surface area contributed by atoms with Gasteiger partial charge in [-0.3, -0.25) is 0 Å². The highest BCUT2D eigenvalue weighted by Gasteiger charge is 2.59. The number of hydrogen-bond donors (Lipinski definition) is 11. The molecule has 0 spiro atoms. The van der Waals surface area contributed by atoms with E-state index in [9.17, 15) is 56.2 Å². The van der Waals surface area contributed by atoms with Crippen LogP contribution in [0.15, 0.2) is 0 Å². The second-order valence-corrected chi connectivity index (χ2v) is 14.5. The second kappa shape index (κ2) is 16.3. The molecule has 3 rings (SSSR count). The Hall–Kier alpha value is -0.680. The van der Waals surface area contributed by atoms with Crippen LogP contribution in [0.2, 0.25) is 0 Å². The molecule has 3 heterocycles. The fourth-order valence-electron chi connectivity index (χ4n) is 6.53. The molecule has 0 amide bonds. The molecule has 17 nitrogen and oxygen atoms in total. The number of rotatable bonds is 15. The molecule has 16 atom stereocenters. The van der Waals surface area contributed by atoms with Crippen LogP contribution in [0.25, 0.3) is 0 Å². The summed E-state index contributed by atoms with van der Waals surface area (Å²) in [5.41, 5.74) is -4.56. The molecule has 3 saturated heterocycles. The molecule has 3 aliphatic rings. The molecule has 0 aromatic rings. The van der Waals surface area contributed by atoms with E-state index < -0.39 is 128 Å². The third kappa shape index (κ3) is 8.85. The number of ether oxygens (including phenoxy) is 6. The Balaban J connectivity index is 1.87. The van der Waals surface area contributed by atoms with Gasteiger partial charge >= 0.3 is 0 Å². The van der Waals surface area contributed by atoms with E-state index in [0.29, 0.717) is 6.42 Å². The molecule has 11 N–H and O–H groups in total. The Morgan fingerprint density at radius 2 is 1.21 bits per heavy atom. The zero-order chi connectivity index (χ0) is 36.4. The van der Waals surface area contributed by atoms with Crippen LogP contribution in [-0.2, 0) is 28.4 Å². The maximum Gasteiger partial charge on any atom is 0.195 e. The van der Waals surface area contributed by atoms with Gasteiger partial charge in [0.05, 0.1) is 44.7 Å². The summed E-state index contributed by atoms with van der Waals surface area (Å²) in [6.07, 6.45) is -17.7. The number of aliphatic hydroxyl groups excluding tert-OH is 10. The van der Waals surface area contributed by atoms with Gasteiger partial charge in [-0.1, -0.05) is 19.8 Å². The van der Waals surface area contributed by atoms with E-state index in [2.05, 4.69) is 0 Å². The predicted molar refractivity (Wildman–Crippen MR) is 163 cm³/mol. The largest absolute Gasteiger partial charge is 0.394 e. The Bertz CT molecular complexity index is 997. The lowest BCUT2D eigenvalue weighted by Crippen LogP contribution is -2.72. The van der Waals surface area contributed by atoms with Crippen molar-refractivity contribution in [3.8, 4) is 0 Å². The first-order valence-electron chi connectivity index (χ1n) is 16.5. The zero-order valence-electron chi connectivity index (χ0n) is 28.5. The molecule has 0 saturated carbocycles. The lowest BCUT2D eigenvalue weighted by atomic mass is 9.85. The minimum Gasteiger partial charge on any atom is -0.394 e. The van der Waals surface area contributed by atoms with Gasteiger partial charge in [-0.25, -0.2) is 0 Å². The van der Waals surface area contributed by atoms with Gasteiger partial charge in [0.25, 0.3) is 0 Å². The van der Waals surface area contributed by atoms with Crippen molar-refractivity contribution in [2.75, 3.05) is 33.0 Å². The molecular weight excluding hydrogens is 644 g/mol. The summed E-state index contributed by atoms with van der Waals surface area (Å²) in [4.78, 5) is 0. The van der Waals surface area contributed by atoms with Crippen molar-refractivity contribution in [1.29, 1.82) is 0 Å². The molecule has 284 valence electrons. The van der Waals surface area contributed by atoms with Gasteiger partial charge in [0.2, 0.25) is 0 Å². The molecule has 0 bridgehead atoms. The molecule has 48 heavy (non-hydrogen) atoms. The van der Waals surface area contributed by atoms with Crippen LogP contribution in [-0.4, -0.2) is 191 Å². The van der Waals surface area contributed by atoms with Crippen molar-refractivity contribution in [2.45, 2.75) is 163 Å². The van der Waals surface area contributed by atoms with Gasteiger partial charge in [0.1, 0.15) is 84.4 Å². The Labute approximate surface area is 280 Å². The van der Waals surface area contributed by atoms with Crippen molar-refractivity contribution < 1.29 is 84.6 Å². The van der Waals surface area contributed by atoms with Gasteiger partial charge in [-0.05, 0) is 41.0 Å². The van der Waals surface area contributed by atoms with Crippen molar-refractivity contribution in [3.05, 3.63) is 0 Å². The minimum absolute atomic E-state index is 0.334. The zero-order valence-corrected chi connectivity index (χ0v) is 28.5. The molecule has 3 aliphatic heterocycles. The molecule has 0 radical (unpaired) electrons. The molecule has 0 aromatic heterocycles. The van der Waals surface area contributed by atoms with Gasteiger partial charge in [0, 0.05) is 0 Å². The summed E-state index contributed by atoms with van der Waals surface area (Å²) < 4.78 is 35.6. The maximum atomic E-state index is 11.5. The molecule has 0 aromatic carbocycles. The highest BCUT2D eigenvalue weighted by molar-refractivity contribution is 5.05. The SMILES string of the molecule is CCCCC(OCC1(C)OC(COC[C@@]2(C)OC(CO)C(O)C(O)C2O)C(O)C(O)C1OC1(C)OC(CO)C(O)C(O)C1O)C(C)(C)O. The van der Waals surface area contributed by atoms with Crippen LogP contribution in [0, 0.1) is 0 Å². The van der Waals surface area contributed by atoms with Gasteiger partial charge in [0.15, 0.2) is 5.79 Å². The van der Waals surface area contributed by atoms with Gasteiger partial charge in [-0.2, -0.15) is 0 Å². The normalized spacial score (nSPS) is 46.4. The monoisotopic (exact) mass is 702 g/mol. The van der Waals surface area contributed by atoms with Crippen LogP contribution < -0.4 is 0 Å². The molecule has 17 heteroatoms. The standard InChI is InChI=1S/C31H58O17/c1-7-8-9-18(28(2,3)42)44-14-30(5)27(48-31(6)26(41)23(38)20(35)16(11-33)47-31)24(39)21(36)17(46-30)12-43-13-29(4)25(40)22(37)19(34)15(10-32)45-29/h15-27,32-42H,7-14H2,1-6H3/t15?,16?,17?,18?,19?,20?,21?,22?,23?,24?,25?,26?,27?,29-,30?,31?/m1/s1. The Morgan fingerprint density at radius 1 is 0.688 bits per heavy atom. The summed E-state index contributed by atoms with van der Waals surface area (Å²) in [5.74, 6) is -2.14. The average molecular weight is 703 g/mol.